The minimum atomic E-state index is -0.143. The van der Waals surface area contributed by atoms with Crippen molar-refractivity contribution in [1.29, 1.82) is 0 Å². The van der Waals surface area contributed by atoms with Gasteiger partial charge >= 0.3 is 0 Å². The first-order valence-electron chi connectivity index (χ1n) is 5.33. The number of nitrogens with one attached hydrogen (secondary N) is 1. The summed E-state index contributed by atoms with van der Waals surface area (Å²) in [5.74, 6) is 0. The van der Waals surface area contributed by atoms with E-state index in [1.807, 2.05) is 0 Å². The van der Waals surface area contributed by atoms with E-state index in [4.69, 9.17) is 10.5 Å². The largest absolute Gasteiger partial charge is 0.359 e. The summed E-state index contributed by atoms with van der Waals surface area (Å²) in [4.78, 5) is 0. The van der Waals surface area contributed by atoms with E-state index >= 15 is 0 Å². The van der Waals surface area contributed by atoms with Gasteiger partial charge in [0.25, 0.3) is 0 Å². The molecule has 0 heterocycles. The summed E-state index contributed by atoms with van der Waals surface area (Å²) < 4.78 is 5.74. The van der Waals surface area contributed by atoms with Crippen LogP contribution in [0.15, 0.2) is 0 Å². The summed E-state index contributed by atoms with van der Waals surface area (Å²) >= 11 is 0. The molecule has 0 aromatic heterocycles. The van der Waals surface area contributed by atoms with Gasteiger partial charge in [0, 0.05) is 6.54 Å². The fourth-order valence-electron chi connectivity index (χ4n) is 1.36. The molecule has 3 heteroatoms. The smallest absolute Gasteiger partial charge is 0.118 e. The Hall–Kier alpha value is -0.120. The first-order chi connectivity index (χ1) is 6.24. The molecule has 0 unspecified atom stereocenters. The van der Waals surface area contributed by atoms with Crippen molar-refractivity contribution < 1.29 is 4.74 Å². The highest BCUT2D eigenvalue weighted by Gasteiger charge is 2.24. The summed E-state index contributed by atoms with van der Waals surface area (Å²) in [6, 6.07) is 0. The normalized spacial score (nSPS) is 12.0. The first kappa shape index (κ1) is 12.9. The van der Waals surface area contributed by atoms with Crippen LogP contribution >= 0.6 is 0 Å². The molecule has 0 saturated carbocycles. The number of hydrogen-bond donors (Lipinski definition) is 2. The van der Waals surface area contributed by atoms with E-state index in [9.17, 15) is 0 Å². The van der Waals surface area contributed by atoms with Gasteiger partial charge in [-0.1, -0.05) is 20.8 Å². The van der Waals surface area contributed by atoms with Crippen LogP contribution in [0.1, 0.15) is 40.0 Å². The molecule has 0 fully saturated rings. The lowest BCUT2D eigenvalue weighted by atomic mass is 10.1. The molecule has 0 aliphatic carbocycles. The molecule has 0 atom stereocenters. The van der Waals surface area contributed by atoms with Crippen LogP contribution in [0.5, 0.6) is 0 Å². The second-order valence-corrected chi connectivity index (χ2v) is 3.27. The molecule has 0 aliphatic rings. The van der Waals surface area contributed by atoms with Crippen LogP contribution in [-0.4, -0.2) is 25.4 Å². The Balaban J connectivity index is 3.97. The molecule has 0 saturated heterocycles. The fourth-order valence-corrected chi connectivity index (χ4v) is 1.36. The molecule has 3 N–H and O–H groups in total. The molecule has 0 amide bonds. The van der Waals surface area contributed by atoms with Gasteiger partial charge in [0.2, 0.25) is 0 Å². The summed E-state index contributed by atoms with van der Waals surface area (Å²) in [5, 5.41) is 3.44. The average molecular weight is 188 g/mol. The van der Waals surface area contributed by atoms with Crippen molar-refractivity contribution in [2.24, 2.45) is 5.73 Å². The lowest BCUT2D eigenvalue weighted by molar-refractivity contribution is -0.0729. The Kier molecular flexibility index (Phi) is 7.23. The molecule has 0 rings (SSSR count). The van der Waals surface area contributed by atoms with Crippen molar-refractivity contribution >= 4 is 0 Å². The van der Waals surface area contributed by atoms with Gasteiger partial charge in [0.15, 0.2) is 0 Å². The summed E-state index contributed by atoms with van der Waals surface area (Å²) in [6.45, 7) is 8.68. The second kappa shape index (κ2) is 7.30. The van der Waals surface area contributed by atoms with E-state index in [2.05, 4.69) is 26.1 Å². The van der Waals surface area contributed by atoms with E-state index in [1.165, 1.54) is 0 Å². The maximum Gasteiger partial charge on any atom is 0.118 e. The van der Waals surface area contributed by atoms with Crippen molar-refractivity contribution in [1.82, 2.24) is 5.32 Å². The zero-order valence-corrected chi connectivity index (χ0v) is 9.23. The molecule has 0 bridgehead atoms. The Morgan fingerprint density at radius 1 is 1.23 bits per heavy atom. The summed E-state index contributed by atoms with van der Waals surface area (Å²) in [5.41, 5.74) is 5.28. The highest BCUT2D eigenvalue weighted by Crippen LogP contribution is 2.16. The van der Waals surface area contributed by atoms with Gasteiger partial charge in [0.05, 0.1) is 6.61 Å². The van der Waals surface area contributed by atoms with Crippen molar-refractivity contribution in [3.05, 3.63) is 0 Å². The van der Waals surface area contributed by atoms with Crippen LogP contribution in [0.25, 0.3) is 0 Å². The van der Waals surface area contributed by atoms with Gasteiger partial charge in [-0.05, 0) is 25.8 Å². The summed E-state index contributed by atoms with van der Waals surface area (Å²) in [6.07, 6.45) is 3.11. The quantitative estimate of drug-likeness (QED) is 0.567. The molecular formula is C10H24N2O. The van der Waals surface area contributed by atoms with E-state index in [0.717, 1.165) is 25.8 Å². The van der Waals surface area contributed by atoms with Crippen LogP contribution in [-0.2, 0) is 4.74 Å². The average Bonchev–Trinajstić information content (AvgIpc) is 2.20. The maximum atomic E-state index is 5.74. The van der Waals surface area contributed by atoms with E-state index in [1.54, 1.807) is 0 Å². The van der Waals surface area contributed by atoms with Crippen LogP contribution in [0.2, 0.25) is 0 Å². The standard InChI is InChI=1S/C10H24N2O/c1-4-8-12-10(5-2,6-3)13-9-7-11/h12H,4-9,11H2,1-3H3. The van der Waals surface area contributed by atoms with Crippen molar-refractivity contribution in [3.63, 3.8) is 0 Å². The molecule has 0 radical (unpaired) electrons. The van der Waals surface area contributed by atoms with Crippen LogP contribution in [0.3, 0.4) is 0 Å². The van der Waals surface area contributed by atoms with Crippen LogP contribution < -0.4 is 11.1 Å². The van der Waals surface area contributed by atoms with Crippen molar-refractivity contribution in [2.45, 2.75) is 45.8 Å². The van der Waals surface area contributed by atoms with E-state index < -0.39 is 0 Å². The molecule has 3 nitrogen and oxygen atoms in total. The maximum absolute atomic E-state index is 5.74. The molecular weight excluding hydrogens is 164 g/mol. The highest BCUT2D eigenvalue weighted by atomic mass is 16.5. The number of ether oxygens (including phenoxy) is 1. The minimum absolute atomic E-state index is 0.143. The predicted octanol–water partition coefficient (Wildman–Crippen LogP) is 1.48. The van der Waals surface area contributed by atoms with Gasteiger partial charge in [-0.15, -0.1) is 0 Å². The zero-order chi connectivity index (χ0) is 10.2. The number of rotatable bonds is 8. The fraction of sp³-hybridized carbons (Fsp3) is 1.00. The third kappa shape index (κ3) is 4.60. The van der Waals surface area contributed by atoms with Crippen molar-refractivity contribution in [3.8, 4) is 0 Å². The van der Waals surface area contributed by atoms with Gasteiger partial charge in [-0.2, -0.15) is 0 Å². The highest BCUT2D eigenvalue weighted by molar-refractivity contribution is 4.74. The van der Waals surface area contributed by atoms with Gasteiger partial charge in [-0.25, -0.2) is 0 Å². The molecule has 13 heavy (non-hydrogen) atoms. The topological polar surface area (TPSA) is 47.3 Å². The first-order valence-corrected chi connectivity index (χ1v) is 5.33. The Labute approximate surface area is 82.0 Å². The molecule has 0 spiro atoms. The van der Waals surface area contributed by atoms with Gasteiger partial charge < -0.3 is 10.5 Å². The summed E-state index contributed by atoms with van der Waals surface area (Å²) in [7, 11) is 0. The third-order valence-corrected chi connectivity index (χ3v) is 2.34. The van der Waals surface area contributed by atoms with Gasteiger partial charge in [-0.3, -0.25) is 5.32 Å². The molecule has 0 aromatic carbocycles. The molecule has 0 aromatic rings. The minimum Gasteiger partial charge on any atom is -0.359 e. The Bertz CT molecular complexity index is 103. The van der Waals surface area contributed by atoms with E-state index in [0.29, 0.717) is 13.2 Å². The Morgan fingerprint density at radius 3 is 2.23 bits per heavy atom. The number of hydrogen-bond acceptors (Lipinski definition) is 3. The molecule has 80 valence electrons. The second-order valence-electron chi connectivity index (χ2n) is 3.27. The zero-order valence-electron chi connectivity index (χ0n) is 9.23. The molecule has 0 aliphatic heterocycles. The van der Waals surface area contributed by atoms with Crippen molar-refractivity contribution in [2.75, 3.05) is 19.7 Å². The lowest BCUT2D eigenvalue weighted by Crippen LogP contribution is -2.47. The number of nitrogens with two attached hydrogens (primary N) is 1. The van der Waals surface area contributed by atoms with Crippen LogP contribution in [0.4, 0.5) is 0 Å². The SMILES string of the molecule is CCCNC(CC)(CC)OCCN. The Morgan fingerprint density at radius 2 is 1.85 bits per heavy atom. The van der Waals surface area contributed by atoms with Crippen LogP contribution in [0, 0.1) is 0 Å². The lowest BCUT2D eigenvalue weighted by Gasteiger charge is -2.33. The van der Waals surface area contributed by atoms with Gasteiger partial charge in [0.1, 0.15) is 5.72 Å². The van der Waals surface area contributed by atoms with E-state index in [-0.39, 0.29) is 5.72 Å². The predicted molar refractivity (Wildman–Crippen MR) is 56.6 cm³/mol. The monoisotopic (exact) mass is 188 g/mol. The third-order valence-electron chi connectivity index (χ3n) is 2.34.